The molecule has 0 bridgehead atoms. The van der Waals surface area contributed by atoms with Gasteiger partial charge in [-0.3, -0.25) is 9.69 Å². The molecule has 1 amide bonds. The zero-order chi connectivity index (χ0) is 17.2. The van der Waals surface area contributed by atoms with Gasteiger partial charge < -0.3 is 15.0 Å². The van der Waals surface area contributed by atoms with Gasteiger partial charge in [0, 0.05) is 44.2 Å². The van der Waals surface area contributed by atoms with Crippen LogP contribution in [0.1, 0.15) is 31.0 Å². The highest BCUT2D eigenvalue weighted by Crippen LogP contribution is 2.32. The molecule has 1 N–H and O–H groups in total. The van der Waals surface area contributed by atoms with Crippen LogP contribution in [0.15, 0.2) is 6.33 Å². The molecule has 1 saturated heterocycles. The normalized spacial score (nSPS) is 22.4. The number of aromatic nitrogens is 2. The predicted octanol–water partition coefficient (Wildman–Crippen LogP) is 0.586. The number of morpholine rings is 1. The van der Waals surface area contributed by atoms with Crippen LogP contribution >= 0.6 is 0 Å². The molecule has 1 saturated carbocycles. The Morgan fingerprint density at radius 2 is 2.12 bits per heavy atom. The van der Waals surface area contributed by atoms with E-state index in [1.54, 1.807) is 6.33 Å². The number of amides is 1. The lowest BCUT2D eigenvalue weighted by molar-refractivity contribution is -0.123. The van der Waals surface area contributed by atoms with Crippen LogP contribution in [0.2, 0.25) is 0 Å². The van der Waals surface area contributed by atoms with Crippen molar-refractivity contribution in [2.24, 2.45) is 5.92 Å². The number of ether oxygens (including phenoxy) is 1. The van der Waals surface area contributed by atoms with E-state index in [0.29, 0.717) is 18.5 Å². The molecule has 3 aliphatic rings. The average Bonchev–Trinajstić information content (AvgIpc) is 3.47. The standard InChI is InChI=1S/C18H27N5O2/c1-13(14-2-3-14)21-17(24)11-22-5-4-16-15(10-22)18(20-12-19-16)23-6-8-25-9-7-23/h12-14H,2-11H2,1H3,(H,21,24). The summed E-state index contributed by atoms with van der Waals surface area (Å²) >= 11 is 0. The van der Waals surface area contributed by atoms with Gasteiger partial charge in [-0.05, 0) is 25.7 Å². The molecule has 1 aromatic rings. The van der Waals surface area contributed by atoms with Crippen LogP contribution in [0.5, 0.6) is 0 Å². The van der Waals surface area contributed by atoms with Crippen LogP contribution in [0, 0.1) is 5.92 Å². The van der Waals surface area contributed by atoms with Gasteiger partial charge in [-0.1, -0.05) is 0 Å². The number of carbonyl (C=O) groups excluding carboxylic acids is 1. The number of anilines is 1. The van der Waals surface area contributed by atoms with Gasteiger partial charge in [0.25, 0.3) is 0 Å². The van der Waals surface area contributed by atoms with Gasteiger partial charge in [0.15, 0.2) is 0 Å². The Balaban J connectivity index is 1.41. The Labute approximate surface area is 148 Å². The fourth-order valence-electron chi connectivity index (χ4n) is 3.78. The quantitative estimate of drug-likeness (QED) is 0.842. The second-order valence-corrected chi connectivity index (χ2v) is 7.38. The van der Waals surface area contributed by atoms with E-state index in [-0.39, 0.29) is 5.91 Å². The molecular formula is C18H27N5O2. The topological polar surface area (TPSA) is 70.6 Å². The van der Waals surface area contributed by atoms with E-state index in [2.05, 4.69) is 32.0 Å². The van der Waals surface area contributed by atoms with Crippen molar-refractivity contribution in [3.05, 3.63) is 17.6 Å². The van der Waals surface area contributed by atoms with Crippen LogP contribution in [-0.4, -0.2) is 66.2 Å². The zero-order valence-corrected chi connectivity index (χ0v) is 14.9. The summed E-state index contributed by atoms with van der Waals surface area (Å²) < 4.78 is 5.45. The molecule has 1 atom stereocenters. The summed E-state index contributed by atoms with van der Waals surface area (Å²) in [6.45, 7) is 7.39. The molecule has 1 aliphatic carbocycles. The maximum absolute atomic E-state index is 12.3. The molecule has 2 aliphatic heterocycles. The van der Waals surface area contributed by atoms with Crippen molar-refractivity contribution in [2.75, 3.05) is 44.3 Å². The Bertz CT molecular complexity index is 628. The van der Waals surface area contributed by atoms with E-state index in [9.17, 15) is 4.79 Å². The molecule has 136 valence electrons. The Hall–Kier alpha value is -1.73. The van der Waals surface area contributed by atoms with Crippen LogP contribution in [0.3, 0.4) is 0 Å². The Morgan fingerprint density at radius 1 is 1.32 bits per heavy atom. The fraction of sp³-hybridized carbons (Fsp3) is 0.722. The third-order valence-electron chi connectivity index (χ3n) is 5.45. The van der Waals surface area contributed by atoms with Gasteiger partial charge in [-0.2, -0.15) is 0 Å². The first kappa shape index (κ1) is 16.7. The minimum atomic E-state index is 0.132. The molecule has 25 heavy (non-hydrogen) atoms. The number of nitrogens with one attached hydrogen (secondary N) is 1. The molecule has 0 radical (unpaired) electrons. The minimum Gasteiger partial charge on any atom is -0.378 e. The van der Waals surface area contributed by atoms with Crippen LogP contribution < -0.4 is 10.2 Å². The van der Waals surface area contributed by atoms with E-state index in [0.717, 1.165) is 57.3 Å². The number of fused-ring (bicyclic) bond motifs is 1. The van der Waals surface area contributed by atoms with Gasteiger partial charge in [0.1, 0.15) is 12.1 Å². The van der Waals surface area contributed by atoms with Crippen LogP contribution in [0.4, 0.5) is 5.82 Å². The second kappa shape index (κ2) is 7.25. The molecule has 1 unspecified atom stereocenters. The first-order chi connectivity index (χ1) is 12.2. The third-order valence-corrected chi connectivity index (χ3v) is 5.45. The lowest BCUT2D eigenvalue weighted by Crippen LogP contribution is -2.44. The summed E-state index contributed by atoms with van der Waals surface area (Å²) in [7, 11) is 0. The van der Waals surface area contributed by atoms with E-state index in [4.69, 9.17) is 4.74 Å². The van der Waals surface area contributed by atoms with Crippen molar-refractivity contribution in [1.29, 1.82) is 0 Å². The van der Waals surface area contributed by atoms with Gasteiger partial charge in [-0.25, -0.2) is 9.97 Å². The summed E-state index contributed by atoms with van der Waals surface area (Å²) in [5.74, 6) is 1.84. The van der Waals surface area contributed by atoms with Crippen molar-refractivity contribution in [2.45, 2.75) is 38.8 Å². The third kappa shape index (κ3) is 3.93. The summed E-state index contributed by atoms with van der Waals surface area (Å²) in [5, 5.41) is 3.15. The van der Waals surface area contributed by atoms with E-state index in [1.807, 2.05) is 0 Å². The maximum Gasteiger partial charge on any atom is 0.234 e. The minimum absolute atomic E-state index is 0.132. The highest BCUT2D eigenvalue weighted by Gasteiger charge is 2.30. The molecule has 4 rings (SSSR count). The monoisotopic (exact) mass is 345 g/mol. The molecule has 1 aromatic heterocycles. The van der Waals surface area contributed by atoms with Crippen molar-refractivity contribution < 1.29 is 9.53 Å². The summed E-state index contributed by atoms with van der Waals surface area (Å²) in [6, 6.07) is 0.303. The summed E-state index contributed by atoms with van der Waals surface area (Å²) in [4.78, 5) is 25.8. The van der Waals surface area contributed by atoms with Crippen molar-refractivity contribution in [3.8, 4) is 0 Å². The molecule has 7 nitrogen and oxygen atoms in total. The average molecular weight is 345 g/mol. The number of hydrogen-bond donors (Lipinski definition) is 1. The van der Waals surface area contributed by atoms with Gasteiger partial charge in [0.05, 0.1) is 25.5 Å². The number of carbonyl (C=O) groups is 1. The number of hydrogen-bond acceptors (Lipinski definition) is 6. The van der Waals surface area contributed by atoms with Gasteiger partial charge in [-0.15, -0.1) is 0 Å². The fourth-order valence-corrected chi connectivity index (χ4v) is 3.78. The molecule has 3 heterocycles. The molecule has 0 aromatic carbocycles. The molecule has 0 spiro atoms. The van der Waals surface area contributed by atoms with Gasteiger partial charge >= 0.3 is 0 Å². The number of rotatable bonds is 5. The number of nitrogens with zero attached hydrogens (tertiary/aromatic N) is 4. The largest absolute Gasteiger partial charge is 0.378 e. The molecule has 7 heteroatoms. The van der Waals surface area contributed by atoms with Crippen molar-refractivity contribution >= 4 is 11.7 Å². The Morgan fingerprint density at radius 3 is 2.88 bits per heavy atom. The highest BCUT2D eigenvalue weighted by atomic mass is 16.5. The molecule has 2 fully saturated rings. The second-order valence-electron chi connectivity index (χ2n) is 7.38. The van der Waals surface area contributed by atoms with Crippen LogP contribution in [-0.2, 0) is 22.5 Å². The summed E-state index contributed by atoms with van der Waals surface area (Å²) in [5.41, 5.74) is 2.30. The summed E-state index contributed by atoms with van der Waals surface area (Å²) in [6.07, 6.45) is 5.04. The maximum atomic E-state index is 12.3. The first-order valence-electron chi connectivity index (χ1n) is 9.38. The van der Waals surface area contributed by atoms with Crippen LogP contribution in [0.25, 0.3) is 0 Å². The Kier molecular flexibility index (Phi) is 4.85. The molecular weight excluding hydrogens is 318 g/mol. The van der Waals surface area contributed by atoms with Crippen molar-refractivity contribution in [1.82, 2.24) is 20.2 Å². The van der Waals surface area contributed by atoms with E-state index >= 15 is 0 Å². The van der Waals surface area contributed by atoms with Crippen molar-refractivity contribution in [3.63, 3.8) is 0 Å². The predicted molar refractivity (Wildman–Crippen MR) is 94.4 cm³/mol. The first-order valence-corrected chi connectivity index (χ1v) is 9.38. The lowest BCUT2D eigenvalue weighted by atomic mass is 10.1. The van der Waals surface area contributed by atoms with E-state index < -0.39 is 0 Å². The zero-order valence-electron chi connectivity index (χ0n) is 14.9. The highest BCUT2D eigenvalue weighted by molar-refractivity contribution is 5.78. The smallest absolute Gasteiger partial charge is 0.234 e. The SMILES string of the molecule is CC(NC(=O)CN1CCc2ncnc(N3CCOCC3)c2C1)C1CC1. The van der Waals surface area contributed by atoms with Gasteiger partial charge in [0.2, 0.25) is 5.91 Å². The lowest BCUT2D eigenvalue weighted by Gasteiger charge is -2.33. The van der Waals surface area contributed by atoms with E-state index in [1.165, 1.54) is 18.4 Å².